The first kappa shape index (κ1) is 12.7. The van der Waals surface area contributed by atoms with Crippen LogP contribution in [0.2, 0.25) is 0 Å². The van der Waals surface area contributed by atoms with E-state index in [4.69, 9.17) is 4.94 Å². The van der Waals surface area contributed by atoms with Gasteiger partial charge in [-0.2, -0.15) is 10.4 Å². The standard InChI is InChI=1S/C14H16N2O2/c17-16(12-14-9-5-2-6-10-14)18-15-11-13-7-3-1-4-8-13/h1-10,15,17H,11-12H2. The maximum atomic E-state index is 9.53. The smallest absolute Gasteiger partial charge is 0.0784 e. The molecule has 0 aromatic heterocycles. The average Bonchev–Trinajstić information content (AvgIpc) is 2.41. The fraction of sp³-hybridized carbons (Fsp3) is 0.143. The molecule has 18 heavy (non-hydrogen) atoms. The van der Waals surface area contributed by atoms with Crippen molar-refractivity contribution in [1.82, 2.24) is 10.7 Å². The van der Waals surface area contributed by atoms with Crippen molar-refractivity contribution in [3.05, 3.63) is 71.8 Å². The van der Waals surface area contributed by atoms with Gasteiger partial charge in [0.2, 0.25) is 0 Å². The molecule has 0 amide bonds. The van der Waals surface area contributed by atoms with E-state index in [-0.39, 0.29) is 0 Å². The molecule has 0 aliphatic rings. The largest absolute Gasteiger partial charge is 0.288 e. The van der Waals surface area contributed by atoms with Crippen LogP contribution in [0.3, 0.4) is 0 Å². The second kappa shape index (κ2) is 6.88. The van der Waals surface area contributed by atoms with Crippen molar-refractivity contribution in [2.45, 2.75) is 13.1 Å². The summed E-state index contributed by atoms with van der Waals surface area (Å²) in [5.41, 5.74) is 4.76. The van der Waals surface area contributed by atoms with E-state index in [9.17, 15) is 5.21 Å². The van der Waals surface area contributed by atoms with Gasteiger partial charge in [-0.25, -0.2) is 0 Å². The van der Waals surface area contributed by atoms with Crippen LogP contribution >= 0.6 is 0 Å². The zero-order valence-corrected chi connectivity index (χ0v) is 9.99. The van der Waals surface area contributed by atoms with Crippen LogP contribution < -0.4 is 5.48 Å². The summed E-state index contributed by atoms with van der Waals surface area (Å²) in [5, 5.41) is 10.3. The molecule has 2 rings (SSSR count). The van der Waals surface area contributed by atoms with E-state index in [1.807, 2.05) is 60.7 Å². The van der Waals surface area contributed by atoms with Crippen LogP contribution in [0.25, 0.3) is 0 Å². The van der Waals surface area contributed by atoms with Gasteiger partial charge in [0.15, 0.2) is 0 Å². The van der Waals surface area contributed by atoms with Gasteiger partial charge in [-0.3, -0.25) is 5.21 Å². The molecule has 0 atom stereocenters. The van der Waals surface area contributed by atoms with Gasteiger partial charge in [-0.15, -0.1) is 0 Å². The van der Waals surface area contributed by atoms with Crippen LogP contribution in [-0.2, 0) is 18.0 Å². The lowest BCUT2D eigenvalue weighted by molar-refractivity contribution is -0.378. The van der Waals surface area contributed by atoms with Crippen molar-refractivity contribution in [2.75, 3.05) is 0 Å². The van der Waals surface area contributed by atoms with Gasteiger partial charge in [-0.1, -0.05) is 60.7 Å². The molecule has 0 saturated carbocycles. The highest BCUT2D eigenvalue weighted by Gasteiger charge is 2.02. The molecule has 0 aliphatic heterocycles. The molecule has 94 valence electrons. The third-order valence-corrected chi connectivity index (χ3v) is 2.45. The third kappa shape index (κ3) is 4.27. The van der Waals surface area contributed by atoms with Crippen LogP contribution in [0.1, 0.15) is 11.1 Å². The summed E-state index contributed by atoms with van der Waals surface area (Å²) in [7, 11) is 0. The van der Waals surface area contributed by atoms with Crippen molar-refractivity contribution in [3.63, 3.8) is 0 Å². The Morgan fingerprint density at radius 1 is 0.889 bits per heavy atom. The van der Waals surface area contributed by atoms with Gasteiger partial charge in [0.1, 0.15) is 0 Å². The molecular weight excluding hydrogens is 228 g/mol. The Kier molecular flexibility index (Phi) is 4.87. The topological polar surface area (TPSA) is 44.7 Å². The zero-order chi connectivity index (χ0) is 12.6. The minimum Gasteiger partial charge on any atom is -0.288 e. The van der Waals surface area contributed by atoms with Crippen LogP contribution in [0, 0.1) is 0 Å². The van der Waals surface area contributed by atoms with E-state index < -0.39 is 0 Å². The summed E-state index contributed by atoms with van der Waals surface area (Å²) in [6.45, 7) is 0.843. The summed E-state index contributed by atoms with van der Waals surface area (Å²) in [6.07, 6.45) is 0. The monoisotopic (exact) mass is 244 g/mol. The second-order valence-electron chi connectivity index (χ2n) is 3.89. The Morgan fingerprint density at radius 2 is 1.44 bits per heavy atom. The Morgan fingerprint density at radius 3 is 2.06 bits per heavy atom. The molecule has 0 heterocycles. The fourth-order valence-electron chi connectivity index (χ4n) is 1.56. The van der Waals surface area contributed by atoms with Crippen molar-refractivity contribution in [2.24, 2.45) is 0 Å². The fourth-order valence-corrected chi connectivity index (χ4v) is 1.56. The minimum absolute atomic E-state index is 0.308. The Labute approximate surface area is 106 Å². The number of hydroxylamine groups is 3. The predicted molar refractivity (Wildman–Crippen MR) is 68.1 cm³/mol. The molecule has 0 saturated heterocycles. The van der Waals surface area contributed by atoms with Crippen LogP contribution in [0.5, 0.6) is 0 Å². The van der Waals surface area contributed by atoms with Crippen molar-refractivity contribution >= 4 is 0 Å². The lowest BCUT2D eigenvalue weighted by Gasteiger charge is -2.14. The molecular formula is C14H16N2O2. The summed E-state index contributed by atoms with van der Waals surface area (Å²) >= 11 is 0. The van der Waals surface area contributed by atoms with Crippen molar-refractivity contribution in [1.29, 1.82) is 0 Å². The highest BCUT2D eigenvalue weighted by molar-refractivity contribution is 5.14. The van der Waals surface area contributed by atoms with Gasteiger partial charge in [0, 0.05) is 6.54 Å². The molecule has 0 radical (unpaired) electrons. The van der Waals surface area contributed by atoms with Gasteiger partial charge in [-0.05, 0) is 16.4 Å². The first-order valence-corrected chi connectivity index (χ1v) is 5.78. The van der Waals surface area contributed by atoms with E-state index in [2.05, 4.69) is 5.48 Å². The number of hydrogen-bond acceptors (Lipinski definition) is 4. The molecule has 2 aromatic rings. The van der Waals surface area contributed by atoms with Crippen molar-refractivity contribution < 1.29 is 10.1 Å². The third-order valence-electron chi connectivity index (χ3n) is 2.45. The SMILES string of the molecule is ON(Cc1ccccc1)ONCc1ccccc1. The molecule has 0 unspecified atom stereocenters. The second-order valence-corrected chi connectivity index (χ2v) is 3.89. The number of hydrogen-bond donors (Lipinski definition) is 2. The van der Waals surface area contributed by atoms with E-state index in [0.717, 1.165) is 16.4 Å². The Bertz CT molecular complexity index is 448. The molecule has 0 aliphatic carbocycles. The Hall–Kier alpha value is -1.72. The van der Waals surface area contributed by atoms with Gasteiger partial charge in [0.25, 0.3) is 0 Å². The van der Waals surface area contributed by atoms with E-state index in [0.29, 0.717) is 13.1 Å². The normalized spacial score (nSPS) is 10.8. The minimum atomic E-state index is 0.308. The van der Waals surface area contributed by atoms with Crippen molar-refractivity contribution in [3.8, 4) is 0 Å². The first-order chi connectivity index (χ1) is 8.84. The van der Waals surface area contributed by atoms with Crippen LogP contribution in [0.15, 0.2) is 60.7 Å². The maximum Gasteiger partial charge on any atom is 0.0784 e. The predicted octanol–water partition coefficient (Wildman–Crippen LogP) is 2.51. The zero-order valence-electron chi connectivity index (χ0n) is 9.99. The number of nitrogens with zero attached hydrogens (tertiary/aromatic N) is 1. The summed E-state index contributed by atoms with van der Waals surface area (Å²) in [5.74, 6) is 0. The highest BCUT2D eigenvalue weighted by atomic mass is 17.0. The first-order valence-electron chi connectivity index (χ1n) is 5.78. The van der Waals surface area contributed by atoms with Gasteiger partial charge < -0.3 is 0 Å². The number of nitrogens with one attached hydrogen (secondary N) is 1. The molecule has 0 bridgehead atoms. The molecule has 2 aromatic carbocycles. The number of rotatable bonds is 6. The van der Waals surface area contributed by atoms with E-state index in [1.54, 1.807) is 0 Å². The number of benzene rings is 2. The van der Waals surface area contributed by atoms with Gasteiger partial charge >= 0.3 is 0 Å². The molecule has 0 fully saturated rings. The lowest BCUT2D eigenvalue weighted by atomic mass is 10.2. The van der Waals surface area contributed by atoms with E-state index in [1.165, 1.54) is 0 Å². The summed E-state index contributed by atoms with van der Waals surface area (Å²) in [4.78, 5) is 4.99. The highest BCUT2D eigenvalue weighted by Crippen LogP contribution is 2.02. The summed E-state index contributed by atoms with van der Waals surface area (Å²) < 4.78 is 0. The lowest BCUT2D eigenvalue weighted by Crippen LogP contribution is -2.28. The van der Waals surface area contributed by atoms with Gasteiger partial charge in [0.05, 0.1) is 6.54 Å². The molecule has 2 N–H and O–H groups in total. The molecule has 0 spiro atoms. The molecule has 4 heteroatoms. The molecule has 4 nitrogen and oxygen atoms in total. The van der Waals surface area contributed by atoms with Crippen LogP contribution in [0.4, 0.5) is 0 Å². The average molecular weight is 244 g/mol. The maximum absolute atomic E-state index is 9.53. The Balaban J connectivity index is 1.71. The summed E-state index contributed by atoms with van der Waals surface area (Å²) in [6, 6.07) is 19.4. The van der Waals surface area contributed by atoms with Crippen LogP contribution in [-0.4, -0.2) is 10.4 Å². The van der Waals surface area contributed by atoms with E-state index >= 15 is 0 Å². The quantitative estimate of drug-likeness (QED) is 0.766.